The summed E-state index contributed by atoms with van der Waals surface area (Å²) < 4.78 is 36.9. The van der Waals surface area contributed by atoms with Crippen molar-refractivity contribution in [1.29, 1.82) is 0 Å². The van der Waals surface area contributed by atoms with E-state index in [0.29, 0.717) is 12.1 Å². The number of anilines is 1. The van der Waals surface area contributed by atoms with Crippen LogP contribution in [0, 0.1) is 0 Å². The maximum absolute atomic E-state index is 12.3. The van der Waals surface area contributed by atoms with E-state index in [1.165, 1.54) is 0 Å². The second-order valence-electron chi connectivity index (χ2n) is 4.88. The van der Waals surface area contributed by atoms with Crippen LogP contribution in [0.1, 0.15) is 6.42 Å². The van der Waals surface area contributed by atoms with Crippen molar-refractivity contribution < 1.29 is 22.8 Å². The molecule has 1 N–H and O–H groups in total. The zero-order valence-corrected chi connectivity index (χ0v) is 12.4. The Bertz CT molecular complexity index is 537. The summed E-state index contributed by atoms with van der Waals surface area (Å²) in [5.74, 6) is -0.793. The number of carbonyl (C=O) groups excluding carboxylic acids is 2. The smallest absolute Gasteiger partial charge is 0.333 e. The van der Waals surface area contributed by atoms with E-state index >= 15 is 0 Å². The average molecular weight is 332 g/mol. The predicted molar refractivity (Wildman–Crippen MR) is 78.6 cm³/mol. The summed E-state index contributed by atoms with van der Waals surface area (Å²) >= 11 is 1.08. The van der Waals surface area contributed by atoms with Gasteiger partial charge in [0.2, 0.25) is 11.8 Å². The topological polar surface area (TPSA) is 49.4 Å². The lowest BCUT2D eigenvalue weighted by molar-refractivity contribution is -0.157. The van der Waals surface area contributed by atoms with E-state index in [4.69, 9.17) is 0 Å². The van der Waals surface area contributed by atoms with Crippen LogP contribution < -0.4 is 5.32 Å². The van der Waals surface area contributed by atoms with E-state index in [9.17, 15) is 22.8 Å². The highest BCUT2D eigenvalue weighted by Gasteiger charge is 2.39. The van der Waals surface area contributed by atoms with E-state index in [2.05, 4.69) is 5.32 Å². The van der Waals surface area contributed by atoms with Crippen molar-refractivity contribution in [2.45, 2.75) is 17.8 Å². The summed E-state index contributed by atoms with van der Waals surface area (Å²) in [6.07, 6.45) is -4.06. The Balaban J connectivity index is 1.78. The van der Waals surface area contributed by atoms with Gasteiger partial charge in [-0.25, -0.2) is 0 Å². The van der Waals surface area contributed by atoms with Crippen molar-refractivity contribution in [3.05, 3.63) is 30.3 Å². The molecule has 0 saturated carbocycles. The zero-order chi connectivity index (χ0) is 16.2. The lowest BCUT2D eigenvalue weighted by Gasteiger charge is -2.18. The summed E-state index contributed by atoms with van der Waals surface area (Å²) in [7, 11) is 0. The Morgan fingerprint density at radius 2 is 2.00 bits per heavy atom. The molecule has 1 saturated heterocycles. The number of alkyl halides is 3. The van der Waals surface area contributed by atoms with E-state index in [0.717, 1.165) is 16.7 Å². The molecule has 8 heteroatoms. The van der Waals surface area contributed by atoms with Gasteiger partial charge in [0.05, 0.1) is 11.0 Å². The first-order chi connectivity index (χ1) is 10.3. The van der Waals surface area contributed by atoms with Crippen molar-refractivity contribution in [1.82, 2.24) is 4.90 Å². The number of halogens is 3. The zero-order valence-electron chi connectivity index (χ0n) is 11.6. The normalized spacial score (nSPS) is 18.6. The van der Waals surface area contributed by atoms with Gasteiger partial charge in [0.15, 0.2) is 0 Å². The molecule has 2 rings (SSSR count). The first kappa shape index (κ1) is 16.7. The molecular weight excluding hydrogens is 317 g/mol. The third-order valence-corrected chi connectivity index (χ3v) is 4.36. The number of nitrogens with zero attached hydrogens (tertiary/aromatic N) is 1. The fraction of sp³-hybridized carbons (Fsp3) is 0.429. The molecule has 1 atom stereocenters. The van der Waals surface area contributed by atoms with Crippen molar-refractivity contribution in [3.8, 4) is 0 Å². The summed E-state index contributed by atoms with van der Waals surface area (Å²) in [5.41, 5.74) is 0.643. The Morgan fingerprint density at radius 3 is 2.64 bits per heavy atom. The molecule has 120 valence electrons. The molecule has 0 unspecified atom stereocenters. The maximum Gasteiger partial charge on any atom is 0.406 e. The number of nitrogens with one attached hydrogen (secondary N) is 1. The molecule has 1 heterocycles. The molecular formula is C14H15F3N2O2S. The van der Waals surface area contributed by atoms with Crippen LogP contribution in [-0.2, 0) is 9.59 Å². The minimum Gasteiger partial charge on any atom is -0.333 e. The molecule has 1 aromatic rings. The molecule has 4 nitrogen and oxygen atoms in total. The first-order valence-electron chi connectivity index (χ1n) is 6.67. The van der Waals surface area contributed by atoms with Crippen LogP contribution in [0.5, 0.6) is 0 Å². The maximum atomic E-state index is 12.3. The number of hydrogen-bond donors (Lipinski definition) is 1. The van der Waals surface area contributed by atoms with Crippen LogP contribution in [0.4, 0.5) is 18.9 Å². The molecule has 0 bridgehead atoms. The predicted octanol–water partition coefficient (Wildman–Crippen LogP) is 2.52. The highest BCUT2D eigenvalue weighted by atomic mass is 32.2. The van der Waals surface area contributed by atoms with Gasteiger partial charge >= 0.3 is 6.18 Å². The van der Waals surface area contributed by atoms with E-state index in [1.54, 1.807) is 24.3 Å². The Labute approximate surface area is 130 Å². The number of thioether (sulfide) groups is 1. The molecule has 0 aliphatic carbocycles. The van der Waals surface area contributed by atoms with Gasteiger partial charge in [0.1, 0.15) is 6.54 Å². The monoisotopic (exact) mass is 332 g/mol. The molecule has 2 amide bonds. The lowest BCUT2D eigenvalue weighted by Crippen LogP contribution is -2.37. The Morgan fingerprint density at radius 1 is 1.32 bits per heavy atom. The molecule has 1 fully saturated rings. The third-order valence-electron chi connectivity index (χ3n) is 3.09. The van der Waals surface area contributed by atoms with Crippen LogP contribution in [0.15, 0.2) is 30.3 Å². The van der Waals surface area contributed by atoms with E-state index in [-0.39, 0.29) is 18.2 Å². The summed E-state index contributed by atoms with van der Waals surface area (Å²) in [6.45, 7) is -1.14. The van der Waals surface area contributed by atoms with Gasteiger partial charge in [-0.2, -0.15) is 13.2 Å². The summed E-state index contributed by atoms with van der Waals surface area (Å²) in [4.78, 5) is 24.4. The molecule has 1 aromatic carbocycles. The van der Waals surface area contributed by atoms with Gasteiger partial charge in [-0.15, -0.1) is 11.8 Å². The fourth-order valence-electron chi connectivity index (χ4n) is 2.13. The largest absolute Gasteiger partial charge is 0.406 e. The minimum atomic E-state index is -4.39. The van der Waals surface area contributed by atoms with Gasteiger partial charge in [-0.1, -0.05) is 18.2 Å². The standard InChI is InChI=1S/C14H15F3N2O2S/c15-14(16,17)9-19-7-6-11(13(19)21)22-8-12(20)18-10-4-2-1-3-5-10/h1-5,11H,6-9H2,(H,18,20)/t11-/m0/s1. The van der Waals surface area contributed by atoms with Crippen molar-refractivity contribution in [2.75, 3.05) is 24.2 Å². The lowest BCUT2D eigenvalue weighted by atomic mass is 10.3. The highest BCUT2D eigenvalue weighted by molar-refractivity contribution is 8.01. The molecule has 0 aromatic heterocycles. The van der Waals surface area contributed by atoms with Crippen molar-refractivity contribution in [2.24, 2.45) is 0 Å². The average Bonchev–Trinajstić information content (AvgIpc) is 2.77. The minimum absolute atomic E-state index is 0.0329. The Hall–Kier alpha value is -1.70. The number of amides is 2. The van der Waals surface area contributed by atoms with Gasteiger partial charge in [-0.05, 0) is 18.6 Å². The van der Waals surface area contributed by atoms with Gasteiger partial charge in [0, 0.05) is 12.2 Å². The van der Waals surface area contributed by atoms with Crippen molar-refractivity contribution in [3.63, 3.8) is 0 Å². The molecule has 0 radical (unpaired) electrons. The molecule has 1 aliphatic heterocycles. The molecule has 1 aliphatic rings. The van der Waals surface area contributed by atoms with E-state index in [1.807, 2.05) is 6.07 Å². The van der Waals surface area contributed by atoms with Crippen LogP contribution in [-0.4, -0.2) is 47.0 Å². The quantitative estimate of drug-likeness (QED) is 0.901. The molecule has 0 spiro atoms. The first-order valence-corrected chi connectivity index (χ1v) is 7.72. The van der Waals surface area contributed by atoms with Gasteiger partial charge in [0.25, 0.3) is 0 Å². The van der Waals surface area contributed by atoms with Gasteiger partial charge < -0.3 is 10.2 Å². The number of likely N-dealkylation sites (tertiary alicyclic amines) is 1. The number of hydrogen-bond acceptors (Lipinski definition) is 3. The third kappa shape index (κ3) is 4.94. The van der Waals surface area contributed by atoms with E-state index < -0.39 is 23.9 Å². The summed E-state index contributed by atoms with van der Waals surface area (Å²) in [6, 6.07) is 8.83. The van der Waals surface area contributed by atoms with Gasteiger partial charge in [-0.3, -0.25) is 9.59 Å². The number of carbonyl (C=O) groups is 2. The van der Waals surface area contributed by atoms with Crippen molar-refractivity contribution >= 4 is 29.3 Å². The second-order valence-corrected chi connectivity index (χ2v) is 6.07. The number of benzene rings is 1. The Kier molecular flexibility index (Phi) is 5.33. The second kappa shape index (κ2) is 7.04. The van der Waals surface area contributed by atoms with Crippen LogP contribution in [0.25, 0.3) is 0 Å². The fourth-order valence-corrected chi connectivity index (χ4v) is 3.12. The number of rotatable bonds is 5. The number of para-hydroxylation sites is 1. The van der Waals surface area contributed by atoms with Crippen LogP contribution in [0.2, 0.25) is 0 Å². The molecule has 22 heavy (non-hydrogen) atoms. The SMILES string of the molecule is O=C(CS[C@H]1CCN(CC(F)(F)F)C1=O)Nc1ccccc1. The highest BCUT2D eigenvalue weighted by Crippen LogP contribution is 2.27. The summed E-state index contributed by atoms with van der Waals surface area (Å²) in [5, 5.41) is 2.09. The van der Waals surface area contributed by atoms with Crippen LogP contribution in [0.3, 0.4) is 0 Å². The van der Waals surface area contributed by atoms with Crippen LogP contribution >= 0.6 is 11.8 Å².